The van der Waals surface area contributed by atoms with E-state index in [4.69, 9.17) is 16.7 Å². The number of alkyl halides is 1. The molecule has 1 aromatic carbocycles. The van der Waals surface area contributed by atoms with Crippen LogP contribution >= 0.6 is 11.6 Å². The van der Waals surface area contributed by atoms with Crippen LogP contribution in [-0.4, -0.2) is 16.9 Å². The minimum atomic E-state index is -0.924. The van der Waals surface area contributed by atoms with Gasteiger partial charge in [-0.2, -0.15) is 0 Å². The molecule has 0 saturated heterocycles. The number of Topliss-reactive ketones (excluding diaryl/α,β-unsaturated/α-hetero) is 1. The predicted octanol–water partition coefficient (Wildman–Crippen LogP) is 2.75. The first kappa shape index (κ1) is 13.7. The fourth-order valence-electron chi connectivity index (χ4n) is 1.82. The molecule has 0 amide bonds. The van der Waals surface area contributed by atoms with Crippen molar-refractivity contribution in [1.29, 1.82) is 0 Å². The van der Waals surface area contributed by atoms with Gasteiger partial charge in [-0.15, -0.1) is 11.6 Å². The van der Waals surface area contributed by atoms with E-state index in [0.29, 0.717) is 11.1 Å². The first-order chi connectivity index (χ1) is 7.97. The number of hydrogen-bond acceptors (Lipinski definition) is 2. The molecule has 4 heteroatoms. The van der Waals surface area contributed by atoms with Gasteiger partial charge in [0.2, 0.25) is 0 Å². The molecule has 1 N–H and O–H groups in total. The van der Waals surface area contributed by atoms with Crippen LogP contribution in [0.4, 0.5) is 0 Å². The van der Waals surface area contributed by atoms with Gasteiger partial charge in [-0.3, -0.25) is 9.59 Å². The second-order valence-corrected chi connectivity index (χ2v) is 4.32. The second kappa shape index (κ2) is 5.82. The maximum absolute atomic E-state index is 11.4. The van der Waals surface area contributed by atoms with Crippen LogP contribution in [0, 0.1) is 0 Å². The van der Waals surface area contributed by atoms with Gasteiger partial charge in [-0.05, 0) is 30.0 Å². The molecule has 1 unspecified atom stereocenters. The molecule has 0 heterocycles. The summed E-state index contributed by atoms with van der Waals surface area (Å²) in [7, 11) is 0. The zero-order valence-corrected chi connectivity index (χ0v) is 10.6. The van der Waals surface area contributed by atoms with Crippen LogP contribution in [0.25, 0.3) is 0 Å². The van der Waals surface area contributed by atoms with Crippen molar-refractivity contribution in [3.8, 4) is 0 Å². The van der Waals surface area contributed by atoms with Crippen LogP contribution < -0.4 is 0 Å². The van der Waals surface area contributed by atoms with E-state index in [1.807, 2.05) is 13.0 Å². The molecule has 1 rings (SSSR count). The summed E-state index contributed by atoms with van der Waals surface area (Å²) in [6.45, 7) is 3.36. The van der Waals surface area contributed by atoms with Gasteiger partial charge in [0.25, 0.3) is 0 Å². The zero-order valence-electron chi connectivity index (χ0n) is 9.87. The van der Waals surface area contributed by atoms with Crippen molar-refractivity contribution < 1.29 is 14.7 Å². The van der Waals surface area contributed by atoms with Crippen LogP contribution in [-0.2, 0) is 22.4 Å². The average Bonchev–Trinajstić information content (AvgIpc) is 2.26. The highest BCUT2D eigenvalue weighted by Crippen LogP contribution is 2.29. The number of carboxylic acid groups (broad SMARTS) is 1. The van der Waals surface area contributed by atoms with Crippen LogP contribution in [0.1, 0.15) is 35.9 Å². The summed E-state index contributed by atoms with van der Waals surface area (Å²) in [4.78, 5) is 22.2. The lowest BCUT2D eigenvalue weighted by atomic mass is 9.93. The van der Waals surface area contributed by atoms with E-state index in [0.717, 1.165) is 12.0 Å². The summed E-state index contributed by atoms with van der Waals surface area (Å²) in [6, 6.07) is 5.38. The molecule has 1 atom stereocenters. The normalized spacial score (nSPS) is 12.2. The van der Waals surface area contributed by atoms with Gasteiger partial charge in [0.15, 0.2) is 5.78 Å². The summed E-state index contributed by atoms with van der Waals surface area (Å²) < 4.78 is 0. The number of carbonyl (C=O) groups is 2. The molecular weight excluding hydrogens is 240 g/mol. The summed E-state index contributed by atoms with van der Waals surface area (Å²) in [5, 5.41) is 8.08. The highest BCUT2D eigenvalue weighted by molar-refractivity contribution is 6.31. The van der Waals surface area contributed by atoms with Gasteiger partial charge in [0.1, 0.15) is 5.38 Å². The maximum atomic E-state index is 11.4. The van der Waals surface area contributed by atoms with E-state index < -0.39 is 11.3 Å². The molecule has 0 aliphatic heterocycles. The van der Waals surface area contributed by atoms with Crippen LogP contribution in [0.3, 0.4) is 0 Å². The highest BCUT2D eigenvalue weighted by atomic mass is 35.5. The molecule has 0 bridgehead atoms. The third-order valence-electron chi connectivity index (χ3n) is 2.62. The molecule has 0 aliphatic carbocycles. The molecule has 0 spiro atoms. The van der Waals surface area contributed by atoms with Crippen molar-refractivity contribution in [1.82, 2.24) is 0 Å². The number of halogens is 1. The van der Waals surface area contributed by atoms with Gasteiger partial charge in [0, 0.05) is 0 Å². The van der Waals surface area contributed by atoms with Gasteiger partial charge in [-0.25, -0.2) is 0 Å². The van der Waals surface area contributed by atoms with Crippen molar-refractivity contribution in [3.05, 3.63) is 34.9 Å². The lowest BCUT2D eigenvalue weighted by Crippen LogP contribution is -2.11. The lowest BCUT2D eigenvalue weighted by Gasteiger charge is -2.16. The first-order valence-electron chi connectivity index (χ1n) is 5.44. The van der Waals surface area contributed by atoms with E-state index in [2.05, 4.69) is 0 Å². The fourth-order valence-corrected chi connectivity index (χ4v) is 2.10. The summed E-state index contributed by atoms with van der Waals surface area (Å²) in [5.74, 6) is -1.09. The quantitative estimate of drug-likeness (QED) is 0.822. The summed E-state index contributed by atoms with van der Waals surface area (Å²) >= 11 is 6.07. The Bertz CT molecular complexity index is 440. The number of aliphatic carboxylic acids is 1. The van der Waals surface area contributed by atoms with E-state index in [1.165, 1.54) is 6.92 Å². The van der Waals surface area contributed by atoms with Crippen LogP contribution in [0.2, 0.25) is 0 Å². The molecule has 0 aliphatic rings. The van der Waals surface area contributed by atoms with Crippen molar-refractivity contribution in [2.24, 2.45) is 0 Å². The number of aryl methyl sites for hydroxylation is 1. The van der Waals surface area contributed by atoms with Gasteiger partial charge < -0.3 is 5.11 Å². The average molecular weight is 255 g/mol. The zero-order chi connectivity index (χ0) is 13.0. The Hall–Kier alpha value is -1.35. The molecule has 0 saturated carbocycles. The Kier molecular flexibility index (Phi) is 4.70. The Balaban J connectivity index is 3.29. The molecule has 0 fully saturated rings. The Labute approximate surface area is 105 Å². The third kappa shape index (κ3) is 3.30. The van der Waals surface area contributed by atoms with Crippen molar-refractivity contribution >= 4 is 23.4 Å². The molecule has 92 valence electrons. The number of carboxylic acids is 1. The molecular formula is C13H15ClO3. The Morgan fingerprint density at radius 1 is 1.35 bits per heavy atom. The molecule has 3 nitrogen and oxygen atoms in total. The number of hydrogen-bond donors (Lipinski definition) is 1. The first-order valence-corrected chi connectivity index (χ1v) is 5.88. The molecule has 17 heavy (non-hydrogen) atoms. The number of benzene rings is 1. The monoisotopic (exact) mass is 254 g/mol. The maximum Gasteiger partial charge on any atom is 0.307 e. The summed E-state index contributed by atoms with van der Waals surface area (Å²) in [5.41, 5.74) is 2.21. The van der Waals surface area contributed by atoms with Gasteiger partial charge >= 0.3 is 5.97 Å². The van der Waals surface area contributed by atoms with Gasteiger partial charge in [0.05, 0.1) is 6.42 Å². The Morgan fingerprint density at radius 2 is 1.94 bits per heavy atom. The number of carbonyl (C=O) groups excluding carboxylic acids is 1. The minimum Gasteiger partial charge on any atom is -0.481 e. The van der Waals surface area contributed by atoms with E-state index in [-0.39, 0.29) is 12.2 Å². The van der Waals surface area contributed by atoms with Crippen LogP contribution in [0.5, 0.6) is 0 Å². The molecule has 1 aromatic rings. The highest BCUT2D eigenvalue weighted by Gasteiger charge is 2.21. The second-order valence-electron chi connectivity index (χ2n) is 3.89. The van der Waals surface area contributed by atoms with Crippen molar-refractivity contribution in [2.45, 2.75) is 32.1 Å². The van der Waals surface area contributed by atoms with Gasteiger partial charge in [-0.1, -0.05) is 25.1 Å². The molecule has 0 aromatic heterocycles. The smallest absolute Gasteiger partial charge is 0.307 e. The van der Waals surface area contributed by atoms with E-state index in [1.54, 1.807) is 12.1 Å². The third-order valence-corrected chi connectivity index (χ3v) is 3.15. The fraction of sp³-hybridized carbons (Fsp3) is 0.385. The van der Waals surface area contributed by atoms with E-state index >= 15 is 0 Å². The molecule has 0 radical (unpaired) electrons. The number of rotatable bonds is 5. The standard InChI is InChI=1S/C13H15ClO3/c1-3-9-5-4-6-10(7-11(16)17)12(9)13(14)8(2)15/h4-6,13H,3,7H2,1-2H3,(H,16,17). The lowest BCUT2D eigenvalue weighted by molar-refractivity contribution is -0.136. The Morgan fingerprint density at radius 3 is 2.41 bits per heavy atom. The predicted molar refractivity (Wildman–Crippen MR) is 66.4 cm³/mol. The van der Waals surface area contributed by atoms with Crippen molar-refractivity contribution in [2.75, 3.05) is 0 Å². The SMILES string of the molecule is CCc1cccc(CC(=O)O)c1C(Cl)C(C)=O. The van der Waals surface area contributed by atoms with Crippen LogP contribution in [0.15, 0.2) is 18.2 Å². The van der Waals surface area contributed by atoms with E-state index in [9.17, 15) is 9.59 Å². The topological polar surface area (TPSA) is 54.4 Å². The van der Waals surface area contributed by atoms with Crippen molar-refractivity contribution in [3.63, 3.8) is 0 Å². The number of ketones is 1. The summed E-state index contributed by atoms with van der Waals surface area (Å²) in [6.07, 6.45) is 0.610. The minimum absolute atomic E-state index is 0.111. The largest absolute Gasteiger partial charge is 0.481 e.